The molecule has 0 aliphatic rings. The van der Waals surface area contributed by atoms with Crippen LogP contribution in [0.3, 0.4) is 0 Å². The number of nitrogens with zero attached hydrogens (tertiary/aromatic N) is 3. The molecule has 18 heavy (non-hydrogen) atoms. The van der Waals surface area contributed by atoms with Crippen molar-refractivity contribution in [3.63, 3.8) is 0 Å². The van der Waals surface area contributed by atoms with Crippen molar-refractivity contribution in [1.29, 1.82) is 0 Å². The molecule has 1 amide bonds. The highest BCUT2D eigenvalue weighted by Crippen LogP contribution is 2.12. The Morgan fingerprint density at radius 2 is 2.39 bits per heavy atom. The zero-order valence-electron chi connectivity index (χ0n) is 9.34. The Morgan fingerprint density at radius 1 is 1.56 bits per heavy atom. The molecule has 0 saturated carbocycles. The van der Waals surface area contributed by atoms with E-state index in [1.165, 1.54) is 12.3 Å². The molecule has 0 unspecified atom stereocenters. The first-order valence-electron chi connectivity index (χ1n) is 4.92. The summed E-state index contributed by atoms with van der Waals surface area (Å²) in [5.41, 5.74) is 0.240. The number of aryl methyl sites for hydroxylation is 1. The maximum atomic E-state index is 11.6. The van der Waals surface area contributed by atoms with Gasteiger partial charge in [-0.05, 0) is 12.1 Å². The van der Waals surface area contributed by atoms with Gasteiger partial charge in [-0.2, -0.15) is 0 Å². The van der Waals surface area contributed by atoms with E-state index >= 15 is 0 Å². The molecule has 0 fully saturated rings. The summed E-state index contributed by atoms with van der Waals surface area (Å²) in [4.78, 5) is 29.0. The van der Waals surface area contributed by atoms with Crippen molar-refractivity contribution in [3.05, 3.63) is 28.3 Å². The first kappa shape index (κ1) is 12.3. The molecular weight excluding hydrogens is 258 g/mol. The predicted molar refractivity (Wildman–Crippen MR) is 63.2 cm³/mol. The van der Waals surface area contributed by atoms with Gasteiger partial charge in [0.05, 0.1) is 5.75 Å². The molecule has 2 aromatic heterocycles. The summed E-state index contributed by atoms with van der Waals surface area (Å²) in [6.45, 7) is 1.66. The molecule has 2 rings (SSSR count). The van der Waals surface area contributed by atoms with Crippen molar-refractivity contribution in [2.75, 3.05) is 11.1 Å². The van der Waals surface area contributed by atoms with Gasteiger partial charge in [-0.1, -0.05) is 16.9 Å². The molecule has 0 radical (unpaired) electrons. The molecule has 9 heteroatoms. The van der Waals surface area contributed by atoms with Crippen LogP contribution in [-0.4, -0.2) is 31.9 Å². The van der Waals surface area contributed by atoms with Crippen molar-refractivity contribution in [2.24, 2.45) is 0 Å². The Hall–Kier alpha value is -2.16. The topological polar surface area (TPSA) is 114 Å². The third-order valence-electron chi connectivity index (χ3n) is 1.90. The number of H-pyrrole nitrogens is 1. The minimum atomic E-state index is -0.287. The second-order valence-electron chi connectivity index (χ2n) is 3.27. The van der Waals surface area contributed by atoms with Gasteiger partial charge in [-0.15, -0.1) is 0 Å². The van der Waals surface area contributed by atoms with Gasteiger partial charge in [0.2, 0.25) is 5.91 Å². The van der Waals surface area contributed by atoms with Crippen LogP contribution in [0.1, 0.15) is 5.69 Å². The monoisotopic (exact) mass is 267 g/mol. The van der Waals surface area contributed by atoms with E-state index in [1.807, 2.05) is 0 Å². The van der Waals surface area contributed by atoms with Gasteiger partial charge in [0, 0.05) is 12.3 Å². The van der Waals surface area contributed by atoms with Gasteiger partial charge in [-0.25, -0.2) is 9.61 Å². The predicted octanol–water partition coefficient (Wildman–Crippen LogP) is 0.192. The van der Waals surface area contributed by atoms with E-state index in [0.717, 1.165) is 11.8 Å². The van der Waals surface area contributed by atoms with Gasteiger partial charge >= 0.3 is 0 Å². The molecule has 0 aromatic carbocycles. The molecule has 0 spiro atoms. The van der Waals surface area contributed by atoms with Gasteiger partial charge in [0.25, 0.3) is 5.56 Å². The minimum absolute atomic E-state index is 0.0965. The van der Waals surface area contributed by atoms with Crippen LogP contribution in [0, 0.1) is 6.92 Å². The highest BCUT2D eigenvalue weighted by atomic mass is 32.2. The third-order valence-corrected chi connectivity index (χ3v) is 2.79. The lowest BCUT2D eigenvalue weighted by molar-refractivity contribution is -0.113. The van der Waals surface area contributed by atoms with Crippen LogP contribution in [0.5, 0.6) is 0 Å². The summed E-state index contributed by atoms with van der Waals surface area (Å²) in [5.74, 6) is 0.0969. The lowest BCUT2D eigenvalue weighted by Gasteiger charge is -2.01. The van der Waals surface area contributed by atoms with Crippen LogP contribution in [-0.2, 0) is 4.79 Å². The molecule has 2 aromatic rings. The Balaban J connectivity index is 1.89. The Labute approximate surface area is 105 Å². The molecule has 94 valence electrons. The summed E-state index contributed by atoms with van der Waals surface area (Å²) in [7, 11) is 0. The highest BCUT2D eigenvalue weighted by molar-refractivity contribution is 7.99. The smallest absolute Gasteiger partial charge is 0.251 e. The van der Waals surface area contributed by atoms with E-state index in [1.54, 1.807) is 6.92 Å². The summed E-state index contributed by atoms with van der Waals surface area (Å²) in [5, 5.41) is 9.97. The number of aromatic amines is 1. The number of carbonyl (C=O) groups excluding carboxylic acids is 1. The Morgan fingerprint density at radius 3 is 3.06 bits per heavy atom. The van der Waals surface area contributed by atoms with E-state index in [4.69, 9.17) is 0 Å². The normalized spacial score (nSPS) is 10.3. The fourth-order valence-electron chi connectivity index (χ4n) is 1.07. The number of amides is 1. The first-order chi connectivity index (χ1) is 8.65. The number of rotatable bonds is 4. The first-order valence-corrected chi connectivity index (χ1v) is 5.91. The lowest BCUT2D eigenvalue weighted by Crippen LogP contribution is -2.16. The van der Waals surface area contributed by atoms with Crippen molar-refractivity contribution in [2.45, 2.75) is 12.1 Å². The third kappa shape index (κ3) is 3.17. The van der Waals surface area contributed by atoms with E-state index in [2.05, 4.69) is 30.2 Å². The molecule has 2 heterocycles. The Bertz CT molecular complexity index is 608. The largest absolute Gasteiger partial charge is 0.306 e. The van der Waals surface area contributed by atoms with E-state index in [9.17, 15) is 9.59 Å². The average molecular weight is 267 g/mol. The Kier molecular flexibility index (Phi) is 3.72. The van der Waals surface area contributed by atoms with Gasteiger partial charge in [-0.3, -0.25) is 9.59 Å². The van der Waals surface area contributed by atoms with Crippen molar-refractivity contribution in [1.82, 2.24) is 20.3 Å². The van der Waals surface area contributed by atoms with E-state index < -0.39 is 0 Å². The highest BCUT2D eigenvalue weighted by Gasteiger charge is 2.10. The second kappa shape index (κ2) is 5.45. The lowest BCUT2D eigenvalue weighted by atomic mass is 10.5. The quantitative estimate of drug-likeness (QED) is 0.600. The number of hydrogen-bond donors (Lipinski definition) is 2. The SMILES string of the molecule is Cc1nonc1NC(=O)CSc1nccc(=O)[nH]1. The standard InChI is InChI=1S/C9H9N5O3S/c1-5-8(14-17-13-5)11-7(16)4-18-9-10-3-2-6(15)12-9/h2-3H,4H2,1H3,(H,10,12,15)(H,11,14,16). The van der Waals surface area contributed by atoms with E-state index in [-0.39, 0.29) is 23.0 Å². The second-order valence-corrected chi connectivity index (χ2v) is 4.24. The number of thioether (sulfide) groups is 1. The number of carbonyl (C=O) groups is 1. The van der Waals surface area contributed by atoms with Crippen LogP contribution in [0.4, 0.5) is 5.82 Å². The number of anilines is 1. The molecule has 2 N–H and O–H groups in total. The minimum Gasteiger partial charge on any atom is -0.306 e. The van der Waals surface area contributed by atoms with Gasteiger partial charge in [0.1, 0.15) is 5.69 Å². The maximum absolute atomic E-state index is 11.6. The van der Waals surface area contributed by atoms with Gasteiger partial charge in [0.15, 0.2) is 11.0 Å². The fourth-order valence-corrected chi connectivity index (χ4v) is 1.72. The number of hydrogen-bond acceptors (Lipinski definition) is 7. The van der Waals surface area contributed by atoms with Crippen LogP contribution >= 0.6 is 11.8 Å². The molecular formula is C9H9N5O3S. The summed E-state index contributed by atoms with van der Waals surface area (Å²) in [6, 6.07) is 1.30. The summed E-state index contributed by atoms with van der Waals surface area (Å²) < 4.78 is 4.44. The molecule has 0 bridgehead atoms. The summed E-state index contributed by atoms with van der Waals surface area (Å²) >= 11 is 1.11. The number of nitrogens with one attached hydrogen (secondary N) is 2. The van der Waals surface area contributed by atoms with Crippen LogP contribution in [0.2, 0.25) is 0 Å². The van der Waals surface area contributed by atoms with Crippen molar-refractivity contribution >= 4 is 23.5 Å². The van der Waals surface area contributed by atoms with Crippen molar-refractivity contribution in [3.8, 4) is 0 Å². The molecule has 0 aliphatic heterocycles. The molecule has 0 aliphatic carbocycles. The maximum Gasteiger partial charge on any atom is 0.251 e. The molecule has 8 nitrogen and oxygen atoms in total. The summed E-state index contributed by atoms with van der Waals surface area (Å²) in [6.07, 6.45) is 1.38. The molecule has 0 saturated heterocycles. The average Bonchev–Trinajstić information content (AvgIpc) is 2.73. The van der Waals surface area contributed by atoms with Crippen LogP contribution in [0.25, 0.3) is 0 Å². The molecule has 0 atom stereocenters. The number of aromatic nitrogens is 4. The van der Waals surface area contributed by atoms with E-state index in [0.29, 0.717) is 10.9 Å². The van der Waals surface area contributed by atoms with Crippen LogP contribution in [0.15, 0.2) is 26.8 Å². The zero-order chi connectivity index (χ0) is 13.0. The van der Waals surface area contributed by atoms with Crippen LogP contribution < -0.4 is 10.9 Å². The van der Waals surface area contributed by atoms with Gasteiger partial charge < -0.3 is 10.3 Å². The fraction of sp³-hybridized carbons (Fsp3) is 0.222. The zero-order valence-corrected chi connectivity index (χ0v) is 10.2. The van der Waals surface area contributed by atoms with Crippen molar-refractivity contribution < 1.29 is 9.42 Å².